The third kappa shape index (κ3) is 3.61. The van der Waals surface area contributed by atoms with E-state index < -0.39 is 20.5 Å². The molecule has 150 valence electrons. The number of benzene rings is 1. The maximum Gasteiger partial charge on any atom is 0.261 e. The first-order chi connectivity index (χ1) is 13.8. The zero-order chi connectivity index (χ0) is 20.8. The molecule has 29 heavy (non-hydrogen) atoms. The minimum absolute atomic E-state index is 0.149. The number of H-pyrrole nitrogens is 1. The normalized spacial score (nSPS) is 15.2. The molecule has 0 bridgehead atoms. The minimum Gasteiger partial charge on any atom is -0.338 e. The summed E-state index contributed by atoms with van der Waals surface area (Å²) in [5.41, 5.74) is 0.473. The van der Waals surface area contributed by atoms with E-state index in [1.54, 1.807) is 10.7 Å². The summed E-state index contributed by atoms with van der Waals surface area (Å²) < 4.78 is 39.1. The third-order valence-corrected chi connectivity index (χ3v) is 6.14. The van der Waals surface area contributed by atoms with Gasteiger partial charge in [0.05, 0.1) is 24.0 Å². The number of sulfone groups is 1. The highest BCUT2D eigenvalue weighted by atomic mass is 32.2. The molecule has 2 N–H and O–H groups in total. The molecule has 1 aromatic carbocycles. The highest BCUT2D eigenvalue weighted by Gasteiger charge is 2.34. The molecular formula is C19H18FN5O3S. The van der Waals surface area contributed by atoms with Crippen LogP contribution >= 0.6 is 0 Å². The van der Waals surface area contributed by atoms with Crippen LogP contribution in [0.3, 0.4) is 0 Å². The Balaban J connectivity index is 1.80. The van der Waals surface area contributed by atoms with E-state index in [4.69, 9.17) is 0 Å². The van der Waals surface area contributed by atoms with Gasteiger partial charge in [0.15, 0.2) is 15.7 Å². The van der Waals surface area contributed by atoms with Crippen molar-refractivity contribution >= 4 is 32.2 Å². The van der Waals surface area contributed by atoms with Gasteiger partial charge in [-0.2, -0.15) is 10.4 Å². The molecule has 1 saturated carbocycles. The molecule has 1 fully saturated rings. The fourth-order valence-electron chi connectivity index (χ4n) is 3.48. The van der Waals surface area contributed by atoms with Gasteiger partial charge >= 0.3 is 0 Å². The van der Waals surface area contributed by atoms with Crippen molar-refractivity contribution in [3.05, 3.63) is 46.6 Å². The van der Waals surface area contributed by atoms with Gasteiger partial charge in [0.25, 0.3) is 5.56 Å². The number of nitrogens with zero attached hydrogens (tertiary/aromatic N) is 3. The number of aromatic nitrogens is 3. The quantitative estimate of drug-likeness (QED) is 0.639. The van der Waals surface area contributed by atoms with Gasteiger partial charge in [0, 0.05) is 18.1 Å². The summed E-state index contributed by atoms with van der Waals surface area (Å²) in [5, 5.41) is 16.9. The molecule has 8 nitrogen and oxygen atoms in total. The lowest BCUT2D eigenvalue weighted by Crippen LogP contribution is -2.13. The molecule has 1 aliphatic rings. The fourth-order valence-corrected chi connectivity index (χ4v) is 4.21. The average Bonchev–Trinajstić information content (AvgIpc) is 3.42. The fraction of sp³-hybridized carbons (Fsp3) is 0.316. The molecule has 0 radical (unpaired) electrons. The molecule has 0 amide bonds. The van der Waals surface area contributed by atoms with E-state index in [0.29, 0.717) is 16.8 Å². The van der Waals surface area contributed by atoms with Gasteiger partial charge in [-0.25, -0.2) is 12.8 Å². The molecule has 10 heteroatoms. The molecule has 1 unspecified atom stereocenters. The van der Waals surface area contributed by atoms with Crippen LogP contribution in [0.15, 0.2) is 40.2 Å². The first-order valence-corrected chi connectivity index (χ1v) is 10.9. The summed E-state index contributed by atoms with van der Waals surface area (Å²) in [6.07, 6.45) is 4.71. The van der Waals surface area contributed by atoms with Crippen LogP contribution in [-0.2, 0) is 9.84 Å². The zero-order valence-corrected chi connectivity index (χ0v) is 16.3. The maximum absolute atomic E-state index is 14.2. The first kappa shape index (κ1) is 19.1. The molecule has 1 atom stereocenters. The van der Waals surface area contributed by atoms with E-state index in [9.17, 15) is 22.9 Å². The van der Waals surface area contributed by atoms with Gasteiger partial charge in [-0.05, 0) is 43.0 Å². The number of nitrogens with one attached hydrogen (secondary N) is 2. The van der Waals surface area contributed by atoms with Gasteiger partial charge < -0.3 is 10.3 Å². The van der Waals surface area contributed by atoms with Crippen molar-refractivity contribution < 1.29 is 12.8 Å². The maximum atomic E-state index is 14.2. The largest absolute Gasteiger partial charge is 0.338 e. The number of hydrogen-bond acceptors (Lipinski definition) is 6. The van der Waals surface area contributed by atoms with Crippen LogP contribution in [0.4, 0.5) is 15.9 Å². The van der Waals surface area contributed by atoms with Crippen LogP contribution < -0.4 is 10.9 Å². The van der Waals surface area contributed by atoms with Crippen molar-refractivity contribution in [2.24, 2.45) is 5.92 Å². The second kappa shape index (κ2) is 7.00. The van der Waals surface area contributed by atoms with Crippen molar-refractivity contribution in [2.45, 2.75) is 30.2 Å². The predicted octanol–water partition coefficient (Wildman–Crippen LogP) is 2.88. The SMILES string of the molecule is CS(=O)(=O)c1ccc(Nc2nn(C(CC#N)C3CC3)c3cc[nH]c(=O)c23)cc1F. The highest BCUT2D eigenvalue weighted by molar-refractivity contribution is 7.90. The van der Waals surface area contributed by atoms with E-state index >= 15 is 0 Å². The lowest BCUT2D eigenvalue weighted by Gasteiger charge is -2.14. The molecule has 1 aliphatic carbocycles. The lowest BCUT2D eigenvalue weighted by molar-refractivity contribution is 0.426. The van der Waals surface area contributed by atoms with Gasteiger partial charge in [0.1, 0.15) is 16.1 Å². The Bertz CT molecular complexity index is 1300. The van der Waals surface area contributed by atoms with Crippen molar-refractivity contribution in [3.63, 3.8) is 0 Å². The van der Waals surface area contributed by atoms with Crippen molar-refractivity contribution in [3.8, 4) is 6.07 Å². The summed E-state index contributed by atoms with van der Waals surface area (Å²) in [5.74, 6) is -0.344. The summed E-state index contributed by atoms with van der Waals surface area (Å²) in [4.78, 5) is 14.7. The molecule has 0 aliphatic heterocycles. The molecule has 0 saturated heterocycles. The average molecular weight is 415 g/mol. The second-order valence-electron chi connectivity index (χ2n) is 7.17. The molecule has 3 aromatic rings. The van der Waals surface area contributed by atoms with E-state index in [0.717, 1.165) is 25.2 Å². The van der Waals surface area contributed by atoms with Crippen molar-refractivity contribution in [2.75, 3.05) is 11.6 Å². The Kier molecular flexibility index (Phi) is 4.62. The second-order valence-corrected chi connectivity index (χ2v) is 9.15. The smallest absolute Gasteiger partial charge is 0.261 e. The number of rotatable bonds is 6. The topological polar surface area (TPSA) is 121 Å². The van der Waals surface area contributed by atoms with E-state index in [1.807, 2.05) is 0 Å². The Hall–Kier alpha value is -3.19. The van der Waals surface area contributed by atoms with Gasteiger partial charge in [-0.1, -0.05) is 0 Å². The number of fused-ring (bicyclic) bond motifs is 1. The predicted molar refractivity (Wildman–Crippen MR) is 105 cm³/mol. The lowest BCUT2D eigenvalue weighted by atomic mass is 10.1. The van der Waals surface area contributed by atoms with Crippen LogP contribution in [0.5, 0.6) is 0 Å². The number of halogens is 1. The summed E-state index contributed by atoms with van der Waals surface area (Å²) >= 11 is 0. The number of aromatic amines is 1. The Morgan fingerprint density at radius 1 is 1.41 bits per heavy atom. The number of nitriles is 1. The Labute approximate surface area is 165 Å². The summed E-state index contributed by atoms with van der Waals surface area (Å²) in [6, 6.07) is 7.37. The van der Waals surface area contributed by atoms with Crippen molar-refractivity contribution in [1.29, 1.82) is 5.26 Å². The molecule has 0 spiro atoms. The van der Waals surface area contributed by atoms with Gasteiger partial charge in [-0.3, -0.25) is 9.48 Å². The Morgan fingerprint density at radius 3 is 2.79 bits per heavy atom. The third-order valence-electron chi connectivity index (χ3n) is 5.01. The zero-order valence-electron chi connectivity index (χ0n) is 15.5. The van der Waals surface area contributed by atoms with E-state index in [2.05, 4.69) is 21.5 Å². The van der Waals surface area contributed by atoms with Crippen LogP contribution in [-0.4, -0.2) is 29.4 Å². The summed E-state index contributed by atoms with van der Waals surface area (Å²) in [7, 11) is -3.69. The minimum atomic E-state index is -3.69. The van der Waals surface area contributed by atoms with Crippen LogP contribution in [0.1, 0.15) is 25.3 Å². The van der Waals surface area contributed by atoms with E-state index in [-0.39, 0.29) is 29.5 Å². The summed E-state index contributed by atoms with van der Waals surface area (Å²) in [6.45, 7) is 0. The number of hydrogen-bond donors (Lipinski definition) is 2. The number of anilines is 2. The van der Waals surface area contributed by atoms with E-state index in [1.165, 1.54) is 18.3 Å². The molecular weight excluding hydrogens is 397 g/mol. The van der Waals surface area contributed by atoms with Crippen LogP contribution in [0, 0.1) is 23.1 Å². The standard InChI is InChI=1S/C19H18FN5O3S/c1-29(27,28)16-5-4-12(10-13(16)20)23-18-17-15(7-9-22-19(17)26)25(24-18)14(6-8-21)11-2-3-11/h4-5,7,9-11,14H,2-3,6H2,1H3,(H,22,26)(H,23,24). The van der Waals surface area contributed by atoms with Crippen molar-refractivity contribution in [1.82, 2.24) is 14.8 Å². The monoisotopic (exact) mass is 415 g/mol. The highest BCUT2D eigenvalue weighted by Crippen LogP contribution is 2.43. The van der Waals surface area contributed by atoms with Crippen LogP contribution in [0.25, 0.3) is 10.9 Å². The number of pyridine rings is 1. The first-order valence-electron chi connectivity index (χ1n) is 9.03. The molecule has 2 aromatic heterocycles. The van der Waals surface area contributed by atoms with Gasteiger partial charge in [0.2, 0.25) is 0 Å². The van der Waals surface area contributed by atoms with Crippen LogP contribution in [0.2, 0.25) is 0 Å². The molecule has 4 rings (SSSR count). The molecule has 2 heterocycles. The Morgan fingerprint density at radius 2 is 2.17 bits per heavy atom. The van der Waals surface area contributed by atoms with Gasteiger partial charge in [-0.15, -0.1) is 0 Å².